The van der Waals surface area contributed by atoms with Crippen LogP contribution in [-0.2, 0) is 6.42 Å². The lowest BCUT2D eigenvalue weighted by atomic mass is 10.1. The van der Waals surface area contributed by atoms with Gasteiger partial charge >= 0.3 is 0 Å². The van der Waals surface area contributed by atoms with E-state index in [2.05, 4.69) is 26.7 Å². The molecule has 134 valence electrons. The predicted octanol–water partition coefficient (Wildman–Crippen LogP) is 3.72. The number of carbonyl (C=O) groups is 1. The van der Waals surface area contributed by atoms with Gasteiger partial charge in [0.05, 0.1) is 11.3 Å². The van der Waals surface area contributed by atoms with Gasteiger partial charge in [0.1, 0.15) is 11.8 Å². The third-order valence-electron chi connectivity index (χ3n) is 3.79. The van der Waals surface area contributed by atoms with Crippen LogP contribution in [0, 0.1) is 11.3 Å². The van der Waals surface area contributed by atoms with Gasteiger partial charge in [-0.05, 0) is 42.3 Å². The number of para-hydroxylation sites is 1. The number of nitriles is 1. The summed E-state index contributed by atoms with van der Waals surface area (Å²) in [6.45, 7) is 0.477. The number of aromatic nitrogens is 2. The fourth-order valence-corrected chi connectivity index (χ4v) is 2.54. The summed E-state index contributed by atoms with van der Waals surface area (Å²) in [4.78, 5) is 20.6. The van der Waals surface area contributed by atoms with Crippen LogP contribution in [0.5, 0.6) is 0 Å². The van der Waals surface area contributed by atoms with Gasteiger partial charge in [-0.15, -0.1) is 0 Å². The summed E-state index contributed by atoms with van der Waals surface area (Å²) in [7, 11) is 0. The molecule has 0 atom stereocenters. The molecule has 0 saturated carbocycles. The van der Waals surface area contributed by atoms with Crippen molar-refractivity contribution in [2.45, 2.75) is 6.42 Å². The van der Waals surface area contributed by atoms with Crippen molar-refractivity contribution in [3.63, 3.8) is 0 Å². The zero-order valence-electron chi connectivity index (χ0n) is 14.3. The highest BCUT2D eigenvalue weighted by Crippen LogP contribution is 2.17. The van der Waals surface area contributed by atoms with E-state index in [0.29, 0.717) is 29.2 Å². The van der Waals surface area contributed by atoms with Crippen molar-refractivity contribution < 1.29 is 4.79 Å². The summed E-state index contributed by atoms with van der Waals surface area (Å²) in [5.41, 5.74) is 2.38. The first-order chi connectivity index (χ1) is 13.2. The van der Waals surface area contributed by atoms with Gasteiger partial charge in [-0.3, -0.25) is 4.79 Å². The Kier molecular flexibility index (Phi) is 5.98. The number of nitrogens with one attached hydrogen (secondary N) is 2. The van der Waals surface area contributed by atoms with E-state index in [9.17, 15) is 4.79 Å². The average molecular weight is 378 g/mol. The quantitative estimate of drug-likeness (QED) is 0.683. The summed E-state index contributed by atoms with van der Waals surface area (Å²) in [6, 6.07) is 18.1. The molecule has 1 aromatic heterocycles. The molecule has 0 fully saturated rings. The molecule has 0 aliphatic carbocycles. The molecule has 27 heavy (non-hydrogen) atoms. The first kappa shape index (κ1) is 18.4. The third-order valence-corrected chi connectivity index (χ3v) is 4.05. The highest BCUT2D eigenvalue weighted by atomic mass is 35.5. The van der Waals surface area contributed by atoms with Crippen LogP contribution in [-0.4, -0.2) is 22.4 Å². The third kappa shape index (κ3) is 5.03. The van der Waals surface area contributed by atoms with Crippen molar-refractivity contribution in [1.29, 1.82) is 5.26 Å². The number of halogens is 1. The van der Waals surface area contributed by atoms with Crippen LogP contribution < -0.4 is 10.6 Å². The van der Waals surface area contributed by atoms with Crippen LogP contribution in [0.4, 0.5) is 11.6 Å². The van der Waals surface area contributed by atoms with Crippen LogP contribution in [0.25, 0.3) is 0 Å². The summed E-state index contributed by atoms with van der Waals surface area (Å²) in [5.74, 6) is -0.0361. The van der Waals surface area contributed by atoms with E-state index in [4.69, 9.17) is 16.9 Å². The topological polar surface area (TPSA) is 90.7 Å². The Morgan fingerprint density at radius 1 is 1.11 bits per heavy atom. The van der Waals surface area contributed by atoms with Crippen molar-refractivity contribution in [2.75, 3.05) is 11.9 Å². The molecule has 1 heterocycles. The number of benzene rings is 2. The minimum absolute atomic E-state index is 0.248. The number of hydrogen-bond acceptors (Lipinski definition) is 5. The van der Waals surface area contributed by atoms with Crippen molar-refractivity contribution in [3.05, 3.63) is 82.6 Å². The maximum Gasteiger partial charge on any atom is 0.270 e. The highest BCUT2D eigenvalue weighted by molar-refractivity contribution is 6.30. The number of carbonyl (C=O) groups excluding carboxylic acids is 1. The Hall–Kier alpha value is -3.43. The van der Waals surface area contributed by atoms with Gasteiger partial charge in [0.15, 0.2) is 0 Å². The van der Waals surface area contributed by atoms with E-state index in [-0.39, 0.29) is 17.5 Å². The van der Waals surface area contributed by atoms with Crippen LogP contribution in [0.1, 0.15) is 21.6 Å². The molecule has 0 spiro atoms. The number of hydrogen-bond donors (Lipinski definition) is 2. The van der Waals surface area contributed by atoms with Crippen molar-refractivity contribution in [2.24, 2.45) is 0 Å². The maximum atomic E-state index is 12.3. The number of nitrogens with zero attached hydrogens (tertiary/aromatic N) is 3. The summed E-state index contributed by atoms with van der Waals surface area (Å²) in [5, 5.41) is 15.6. The summed E-state index contributed by atoms with van der Waals surface area (Å²) < 4.78 is 0. The Labute approximate surface area is 161 Å². The molecule has 6 nitrogen and oxygen atoms in total. The van der Waals surface area contributed by atoms with Gasteiger partial charge in [-0.25, -0.2) is 9.97 Å². The number of rotatable bonds is 6. The maximum absolute atomic E-state index is 12.3. The monoisotopic (exact) mass is 377 g/mol. The van der Waals surface area contributed by atoms with Gasteiger partial charge in [-0.1, -0.05) is 35.9 Å². The molecule has 2 N–H and O–H groups in total. The van der Waals surface area contributed by atoms with Crippen molar-refractivity contribution >= 4 is 29.1 Å². The van der Waals surface area contributed by atoms with E-state index in [1.54, 1.807) is 30.3 Å². The zero-order chi connectivity index (χ0) is 19.1. The first-order valence-corrected chi connectivity index (χ1v) is 8.65. The Morgan fingerprint density at radius 2 is 1.89 bits per heavy atom. The summed E-state index contributed by atoms with van der Waals surface area (Å²) >= 11 is 5.86. The van der Waals surface area contributed by atoms with E-state index in [1.807, 2.05) is 24.3 Å². The van der Waals surface area contributed by atoms with Crippen LogP contribution in [0.3, 0.4) is 0 Å². The molecule has 3 rings (SSSR count). The Balaban J connectivity index is 1.61. The molecule has 1 amide bonds. The Morgan fingerprint density at radius 3 is 2.67 bits per heavy atom. The molecular weight excluding hydrogens is 362 g/mol. The molecule has 7 heteroatoms. The minimum atomic E-state index is -0.289. The van der Waals surface area contributed by atoms with Crippen LogP contribution >= 0.6 is 11.6 Å². The van der Waals surface area contributed by atoms with E-state index < -0.39 is 0 Å². The van der Waals surface area contributed by atoms with Crippen molar-refractivity contribution in [3.8, 4) is 6.07 Å². The minimum Gasteiger partial charge on any atom is -0.350 e. The molecule has 0 bridgehead atoms. The second-order valence-electron chi connectivity index (χ2n) is 5.68. The lowest BCUT2D eigenvalue weighted by Gasteiger charge is -2.08. The van der Waals surface area contributed by atoms with Crippen LogP contribution in [0.2, 0.25) is 5.02 Å². The van der Waals surface area contributed by atoms with Gasteiger partial charge in [0.25, 0.3) is 5.91 Å². The molecule has 0 aliphatic heterocycles. The highest BCUT2D eigenvalue weighted by Gasteiger charge is 2.09. The van der Waals surface area contributed by atoms with Gasteiger partial charge in [0, 0.05) is 17.8 Å². The standard InChI is InChI=1S/C20H16ClN5O/c21-16-7-5-14(6-8-16)9-11-23-19(27)18-10-12-24-20(26-18)25-17-4-2-1-3-15(17)13-22/h1-8,10,12H,9,11H2,(H,23,27)(H,24,25,26). The summed E-state index contributed by atoms with van der Waals surface area (Å²) in [6.07, 6.45) is 2.19. The van der Waals surface area contributed by atoms with E-state index in [0.717, 1.165) is 5.56 Å². The predicted molar refractivity (Wildman–Crippen MR) is 104 cm³/mol. The molecule has 0 saturated heterocycles. The van der Waals surface area contributed by atoms with E-state index in [1.165, 1.54) is 6.20 Å². The largest absolute Gasteiger partial charge is 0.350 e. The van der Waals surface area contributed by atoms with Crippen molar-refractivity contribution in [1.82, 2.24) is 15.3 Å². The lowest BCUT2D eigenvalue weighted by molar-refractivity contribution is 0.0949. The van der Waals surface area contributed by atoms with E-state index >= 15 is 0 Å². The smallest absolute Gasteiger partial charge is 0.270 e. The van der Waals surface area contributed by atoms with Gasteiger partial charge < -0.3 is 10.6 Å². The average Bonchev–Trinajstić information content (AvgIpc) is 2.70. The fourth-order valence-electron chi connectivity index (χ4n) is 2.42. The SMILES string of the molecule is N#Cc1ccccc1Nc1nccc(C(=O)NCCc2ccc(Cl)cc2)n1. The second kappa shape index (κ2) is 8.79. The molecule has 2 aromatic carbocycles. The molecular formula is C20H16ClN5O. The number of anilines is 2. The lowest BCUT2D eigenvalue weighted by Crippen LogP contribution is -2.26. The molecule has 0 radical (unpaired) electrons. The second-order valence-corrected chi connectivity index (χ2v) is 6.12. The molecule has 3 aromatic rings. The van der Waals surface area contributed by atoms with Gasteiger partial charge in [0.2, 0.25) is 5.95 Å². The van der Waals surface area contributed by atoms with Gasteiger partial charge in [-0.2, -0.15) is 5.26 Å². The number of amides is 1. The normalized spacial score (nSPS) is 10.1. The molecule has 0 aliphatic rings. The zero-order valence-corrected chi connectivity index (χ0v) is 15.1. The Bertz CT molecular complexity index is 982. The fraction of sp³-hybridized carbons (Fsp3) is 0.100. The molecule has 0 unspecified atom stereocenters. The first-order valence-electron chi connectivity index (χ1n) is 8.27. The van der Waals surface area contributed by atoms with Crippen LogP contribution in [0.15, 0.2) is 60.8 Å².